The van der Waals surface area contributed by atoms with Crippen molar-refractivity contribution in [2.75, 3.05) is 4.90 Å². The van der Waals surface area contributed by atoms with Gasteiger partial charge < -0.3 is 4.90 Å². The van der Waals surface area contributed by atoms with Gasteiger partial charge >= 0.3 is 0 Å². The van der Waals surface area contributed by atoms with Crippen molar-refractivity contribution in [2.45, 2.75) is 25.8 Å². The fraction of sp³-hybridized carbons (Fsp3) is 0.286. The molecule has 0 saturated heterocycles. The van der Waals surface area contributed by atoms with Gasteiger partial charge in [0.05, 0.1) is 6.04 Å². The quantitative estimate of drug-likeness (QED) is 0.778. The molecular weight excluding hydrogens is 212 g/mol. The number of Topliss-reactive ketones (excluding diaryl/α,β-unsaturated/α-hetero) is 1. The van der Waals surface area contributed by atoms with Crippen LogP contribution in [0.3, 0.4) is 0 Å². The lowest BCUT2D eigenvalue weighted by atomic mass is 9.99. The highest BCUT2D eigenvalue weighted by molar-refractivity contribution is 5.87. The second-order valence-electron chi connectivity index (χ2n) is 4.11. The molecule has 1 aliphatic rings. The summed E-state index contributed by atoms with van der Waals surface area (Å²) in [6, 6.07) is 11.6. The van der Waals surface area contributed by atoms with Crippen molar-refractivity contribution in [3.8, 4) is 6.07 Å². The van der Waals surface area contributed by atoms with Gasteiger partial charge in [0, 0.05) is 5.69 Å². The van der Waals surface area contributed by atoms with Crippen molar-refractivity contribution < 1.29 is 4.79 Å². The van der Waals surface area contributed by atoms with Gasteiger partial charge in [-0.25, -0.2) is 0 Å². The van der Waals surface area contributed by atoms with E-state index in [4.69, 9.17) is 5.26 Å². The van der Waals surface area contributed by atoms with E-state index in [9.17, 15) is 4.79 Å². The third-order valence-corrected chi connectivity index (χ3v) is 2.97. The van der Waals surface area contributed by atoms with Crippen LogP contribution in [0, 0.1) is 11.3 Å². The van der Waals surface area contributed by atoms with Gasteiger partial charge in [-0.1, -0.05) is 18.2 Å². The average molecular weight is 226 g/mol. The molecule has 2 rings (SSSR count). The van der Waals surface area contributed by atoms with Gasteiger partial charge in [0.2, 0.25) is 0 Å². The number of ketones is 1. The van der Waals surface area contributed by atoms with Crippen LogP contribution < -0.4 is 4.90 Å². The summed E-state index contributed by atoms with van der Waals surface area (Å²) in [6.45, 7) is 1.58. The van der Waals surface area contributed by atoms with Gasteiger partial charge in [0.1, 0.15) is 11.8 Å². The van der Waals surface area contributed by atoms with Gasteiger partial charge in [-0.2, -0.15) is 5.26 Å². The number of anilines is 1. The number of hydrogen-bond acceptors (Lipinski definition) is 3. The Hall–Kier alpha value is -2.08. The van der Waals surface area contributed by atoms with Crippen molar-refractivity contribution in [1.82, 2.24) is 0 Å². The Balaban J connectivity index is 2.44. The zero-order valence-corrected chi connectivity index (χ0v) is 9.76. The molecule has 3 heteroatoms. The minimum Gasteiger partial charge on any atom is -0.323 e. The Morgan fingerprint density at radius 2 is 2.12 bits per heavy atom. The molecule has 0 bridgehead atoms. The van der Waals surface area contributed by atoms with E-state index < -0.39 is 0 Å². The number of nitriles is 1. The second-order valence-corrected chi connectivity index (χ2v) is 4.11. The number of hydrogen-bond donors (Lipinski definition) is 0. The lowest BCUT2D eigenvalue weighted by molar-refractivity contribution is -0.118. The van der Waals surface area contributed by atoms with Gasteiger partial charge in [-0.15, -0.1) is 0 Å². The van der Waals surface area contributed by atoms with Crippen LogP contribution in [-0.4, -0.2) is 11.8 Å². The molecule has 0 aliphatic carbocycles. The Kier molecular flexibility index (Phi) is 3.24. The molecule has 86 valence electrons. The van der Waals surface area contributed by atoms with Crippen molar-refractivity contribution >= 4 is 11.5 Å². The van der Waals surface area contributed by atoms with Crippen LogP contribution in [0.5, 0.6) is 0 Å². The number of allylic oxidation sites excluding steroid dienone is 2. The third kappa shape index (κ3) is 2.21. The first-order valence-electron chi connectivity index (χ1n) is 5.69. The summed E-state index contributed by atoms with van der Waals surface area (Å²) in [4.78, 5) is 13.5. The third-order valence-electron chi connectivity index (χ3n) is 2.97. The van der Waals surface area contributed by atoms with Gasteiger partial charge in [0.25, 0.3) is 0 Å². The largest absolute Gasteiger partial charge is 0.323 e. The first-order chi connectivity index (χ1) is 8.24. The molecule has 17 heavy (non-hydrogen) atoms. The molecule has 0 radical (unpaired) electrons. The molecule has 1 aromatic rings. The van der Waals surface area contributed by atoms with E-state index >= 15 is 0 Å². The summed E-state index contributed by atoms with van der Waals surface area (Å²) < 4.78 is 0. The number of nitrogens with zero attached hydrogens (tertiary/aromatic N) is 2. The molecule has 3 nitrogen and oxygen atoms in total. The molecule has 1 atom stereocenters. The van der Waals surface area contributed by atoms with Crippen LogP contribution >= 0.6 is 0 Å². The molecule has 0 saturated carbocycles. The Morgan fingerprint density at radius 1 is 1.41 bits per heavy atom. The first-order valence-corrected chi connectivity index (χ1v) is 5.69. The smallest absolute Gasteiger partial charge is 0.152 e. The maximum atomic E-state index is 11.7. The molecule has 1 heterocycles. The average Bonchev–Trinajstić information content (AvgIpc) is 2.38. The van der Waals surface area contributed by atoms with E-state index in [0.717, 1.165) is 18.5 Å². The van der Waals surface area contributed by atoms with E-state index in [1.165, 1.54) is 0 Å². The van der Waals surface area contributed by atoms with E-state index in [-0.39, 0.29) is 11.8 Å². The van der Waals surface area contributed by atoms with Gasteiger partial charge in [-0.3, -0.25) is 4.79 Å². The Bertz CT molecular complexity index is 485. The number of para-hydroxylation sites is 1. The van der Waals surface area contributed by atoms with Crippen LogP contribution in [-0.2, 0) is 4.79 Å². The van der Waals surface area contributed by atoms with E-state index in [1.807, 2.05) is 41.3 Å². The number of carbonyl (C=O) groups is 1. The summed E-state index contributed by atoms with van der Waals surface area (Å²) in [6.07, 6.45) is 3.46. The van der Waals surface area contributed by atoms with Gasteiger partial charge in [0.15, 0.2) is 5.78 Å². The zero-order chi connectivity index (χ0) is 12.3. The van der Waals surface area contributed by atoms with Crippen LogP contribution in [0.25, 0.3) is 0 Å². The molecular formula is C14H14N2O. The monoisotopic (exact) mass is 226 g/mol. The number of benzene rings is 1. The number of rotatable bonds is 2. The van der Waals surface area contributed by atoms with Crippen LogP contribution in [0.2, 0.25) is 0 Å². The highest BCUT2D eigenvalue weighted by Crippen LogP contribution is 2.28. The van der Waals surface area contributed by atoms with Crippen molar-refractivity contribution in [2.24, 2.45) is 0 Å². The summed E-state index contributed by atoms with van der Waals surface area (Å²) in [5.74, 6) is 0.106. The maximum Gasteiger partial charge on any atom is 0.152 e. The van der Waals surface area contributed by atoms with Gasteiger partial charge in [-0.05, 0) is 38.0 Å². The lowest BCUT2D eigenvalue weighted by Crippen LogP contribution is -2.41. The molecule has 1 aliphatic heterocycles. The van der Waals surface area contributed by atoms with E-state index in [2.05, 4.69) is 6.07 Å². The maximum absolute atomic E-state index is 11.7. The standard InChI is InChI=1S/C14H14N2O/c1-11(17)14-9-5-8-13(10-15)16(14)12-6-3-2-4-7-12/h2-4,6-8,14H,5,9H2,1H3. The fourth-order valence-corrected chi connectivity index (χ4v) is 2.17. The molecule has 0 amide bonds. The minimum absolute atomic E-state index is 0.106. The van der Waals surface area contributed by atoms with Crippen LogP contribution in [0.1, 0.15) is 19.8 Å². The number of carbonyl (C=O) groups excluding carboxylic acids is 1. The minimum atomic E-state index is -0.211. The molecule has 0 aromatic heterocycles. The summed E-state index contributed by atoms with van der Waals surface area (Å²) in [7, 11) is 0. The molecule has 0 N–H and O–H groups in total. The highest BCUT2D eigenvalue weighted by atomic mass is 16.1. The van der Waals surface area contributed by atoms with Crippen molar-refractivity contribution in [1.29, 1.82) is 5.26 Å². The van der Waals surface area contributed by atoms with Crippen molar-refractivity contribution in [3.05, 3.63) is 42.1 Å². The fourth-order valence-electron chi connectivity index (χ4n) is 2.17. The Morgan fingerprint density at radius 3 is 2.71 bits per heavy atom. The molecule has 1 unspecified atom stereocenters. The second kappa shape index (κ2) is 4.84. The molecule has 0 spiro atoms. The summed E-state index contributed by atoms with van der Waals surface area (Å²) in [5, 5.41) is 9.15. The topological polar surface area (TPSA) is 44.1 Å². The van der Waals surface area contributed by atoms with Crippen LogP contribution in [0.4, 0.5) is 5.69 Å². The van der Waals surface area contributed by atoms with Crippen molar-refractivity contribution in [3.63, 3.8) is 0 Å². The highest BCUT2D eigenvalue weighted by Gasteiger charge is 2.28. The molecule has 1 aromatic carbocycles. The normalized spacial score (nSPS) is 19.4. The molecule has 0 fully saturated rings. The SMILES string of the molecule is CC(=O)C1CCC=C(C#N)N1c1ccccc1. The Labute approximate surface area is 101 Å². The van der Waals surface area contributed by atoms with E-state index in [0.29, 0.717) is 5.70 Å². The van der Waals surface area contributed by atoms with Crippen LogP contribution in [0.15, 0.2) is 42.1 Å². The predicted octanol–water partition coefficient (Wildman–Crippen LogP) is 2.65. The zero-order valence-electron chi connectivity index (χ0n) is 9.76. The summed E-state index contributed by atoms with van der Waals surface area (Å²) in [5.41, 5.74) is 1.47. The summed E-state index contributed by atoms with van der Waals surface area (Å²) >= 11 is 0. The first kappa shape index (κ1) is 11.4. The predicted molar refractivity (Wildman–Crippen MR) is 66.3 cm³/mol. The lowest BCUT2D eigenvalue weighted by Gasteiger charge is -2.34. The van der Waals surface area contributed by atoms with E-state index in [1.54, 1.807) is 6.92 Å².